The maximum Gasteiger partial charge on any atom is 0.119 e. The van der Waals surface area contributed by atoms with E-state index < -0.39 is 0 Å². The summed E-state index contributed by atoms with van der Waals surface area (Å²) in [7, 11) is 3.85. The molecule has 0 saturated heterocycles. The Hall–Kier alpha value is -1.02. The molecule has 2 aliphatic rings. The molecule has 3 rings (SSSR count). The van der Waals surface area contributed by atoms with E-state index in [1.807, 2.05) is 0 Å². The minimum atomic E-state index is 0.293. The molecule has 0 aromatic heterocycles. The number of benzene rings is 1. The number of likely N-dealkylation sites (N-methyl/N-ethyl adjacent to an activating group) is 1. The van der Waals surface area contributed by atoms with Crippen molar-refractivity contribution in [3.05, 3.63) is 29.3 Å². The minimum Gasteiger partial charge on any atom is -0.497 e. The van der Waals surface area contributed by atoms with Gasteiger partial charge in [0, 0.05) is 11.5 Å². The van der Waals surface area contributed by atoms with Crippen LogP contribution in [0.4, 0.5) is 0 Å². The van der Waals surface area contributed by atoms with E-state index in [1.54, 1.807) is 7.11 Å². The number of ether oxygens (including phenoxy) is 1. The second-order valence-corrected chi connectivity index (χ2v) is 5.71. The van der Waals surface area contributed by atoms with Gasteiger partial charge in [0.05, 0.1) is 7.11 Å². The normalized spacial score (nSPS) is 34.5. The zero-order valence-corrected chi connectivity index (χ0v) is 10.9. The molecule has 0 aliphatic heterocycles. The molecule has 1 unspecified atom stereocenters. The Balaban J connectivity index is 2.12. The summed E-state index contributed by atoms with van der Waals surface area (Å²) in [5.74, 6) is 1.80. The molecule has 2 aliphatic carbocycles. The molecular formula is C15H21NO. The second kappa shape index (κ2) is 3.74. The average molecular weight is 231 g/mol. The highest BCUT2D eigenvalue weighted by atomic mass is 16.5. The van der Waals surface area contributed by atoms with Gasteiger partial charge in [-0.3, -0.25) is 0 Å². The number of hydrogen-bond acceptors (Lipinski definition) is 2. The van der Waals surface area contributed by atoms with Gasteiger partial charge in [-0.2, -0.15) is 0 Å². The van der Waals surface area contributed by atoms with Crippen LogP contribution in [-0.2, 0) is 11.8 Å². The smallest absolute Gasteiger partial charge is 0.119 e. The summed E-state index contributed by atoms with van der Waals surface area (Å²) in [6, 6.07) is 7.24. The van der Waals surface area contributed by atoms with E-state index in [1.165, 1.54) is 30.4 Å². The fourth-order valence-corrected chi connectivity index (χ4v) is 4.08. The van der Waals surface area contributed by atoms with Crippen molar-refractivity contribution in [2.75, 3.05) is 14.2 Å². The number of rotatable bonds is 2. The first-order valence-electron chi connectivity index (χ1n) is 6.53. The van der Waals surface area contributed by atoms with Crippen LogP contribution in [0, 0.1) is 5.92 Å². The van der Waals surface area contributed by atoms with Crippen LogP contribution in [0.15, 0.2) is 18.2 Å². The molecule has 0 radical (unpaired) electrons. The molecule has 17 heavy (non-hydrogen) atoms. The van der Waals surface area contributed by atoms with E-state index in [0.29, 0.717) is 11.5 Å². The predicted molar refractivity (Wildman–Crippen MR) is 69.6 cm³/mol. The second-order valence-electron chi connectivity index (χ2n) is 5.71. The third-order valence-electron chi connectivity index (χ3n) is 4.92. The summed E-state index contributed by atoms with van der Waals surface area (Å²) in [5, 5.41) is 3.54. The number of fused-ring (bicyclic) bond motifs is 4. The van der Waals surface area contributed by atoms with Crippen molar-refractivity contribution in [2.24, 2.45) is 5.92 Å². The Bertz CT molecular complexity index is 443. The quantitative estimate of drug-likeness (QED) is 0.844. The van der Waals surface area contributed by atoms with Crippen molar-refractivity contribution in [3.63, 3.8) is 0 Å². The first-order valence-corrected chi connectivity index (χ1v) is 6.53. The largest absolute Gasteiger partial charge is 0.497 e. The lowest BCUT2D eigenvalue weighted by atomic mass is 9.69. The Labute approximate surface area is 103 Å². The number of nitrogens with one attached hydrogen (secondary N) is 1. The van der Waals surface area contributed by atoms with E-state index in [9.17, 15) is 0 Å². The van der Waals surface area contributed by atoms with E-state index in [0.717, 1.165) is 11.7 Å². The van der Waals surface area contributed by atoms with Gasteiger partial charge in [0.25, 0.3) is 0 Å². The third-order valence-corrected chi connectivity index (χ3v) is 4.92. The number of methoxy groups -OCH3 is 1. The van der Waals surface area contributed by atoms with Gasteiger partial charge in [-0.05, 0) is 55.5 Å². The van der Waals surface area contributed by atoms with Crippen LogP contribution < -0.4 is 10.1 Å². The lowest BCUT2D eigenvalue weighted by Crippen LogP contribution is -2.48. The van der Waals surface area contributed by atoms with E-state index in [-0.39, 0.29) is 0 Å². The first-order chi connectivity index (χ1) is 8.19. The molecule has 1 saturated carbocycles. The van der Waals surface area contributed by atoms with Crippen LogP contribution in [0.1, 0.15) is 30.9 Å². The van der Waals surface area contributed by atoms with Crippen LogP contribution in [0.25, 0.3) is 0 Å². The molecule has 92 valence electrons. The highest BCUT2D eigenvalue weighted by Gasteiger charge is 2.49. The molecule has 3 atom stereocenters. The van der Waals surface area contributed by atoms with Gasteiger partial charge in [0.1, 0.15) is 5.75 Å². The fourth-order valence-electron chi connectivity index (χ4n) is 4.08. The molecule has 2 heteroatoms. The number of hydrogen-bond donors (Lipinski definition) is 1. The lowest BCUT2D eigenvalue weighted by Gasteiger charge is -2.40. The van der Waals surface area contributed by atoms with Gasteiger partial charge in [-0.1, -0.05) is 13.0 Å². The van der Waals surface area contributed by atoms with Gasteiger partial charge < -0.3 is 10.1 Å². The van der Waals surface area contributed by atoms with Crippen molar-refractivity contribution >= 4 is 0 Å². The third kappa shape index (κ3) is 1.43. The van der Waals surface area contributed by atoms with E-state index >= 15 is 0 Å². The summed E-state index contributed by atoms with van der Waals surface area (Å²) in [4.78, 5) is 0. The molecule has 1 fully saturated rings. The monoisotopic (exact) mass is 231 g/mol. The summed E-state index contributed by atoms with van der Waals surface area (Å²) in [6.45, 7) is 2.41. The first kappa shape index (κ1) is 11.1. The van der Waals surface area contributed by atoms with Gasteiger partial charge in [-0.25, -0.2) is 0 Å². The van der Waals surface area contributed by atoms with Crippen LogP contribution in [0.5, 0.6) is 5.75 Å². The lowest BCUT2D eigenvalue weighted by molar-refractivity contribution is 0.300. The molecule has 2 bridgehead atoms. The topological polar surface area (TPSA) is 21.3 Å². The van der Waals surface area contributed by atoms with Crippen molar-refractivity contribution in [2.45, 2.75) is 37.6 Å². The van der Waals surface area contributed by atoms with E-state index in [2.05, 4.69) is 37.5 Å². The average Bonchev–Trinajstić information content (AvgIpc) is 2.59. The summed E-state index contributed by atoms with van der Waals surface area (Å²) < 4.78 is 5.38. The SMILES string of the molecule is CN[C@@H]1C2CC[C@]1(C)c1cc(OC)ccc1C2. The Morgan fingerprint density at radius 3 is 2.94 bits per heavy atom. The Kier molecular flexibility index (Phi) is 2.44. The van der Waals surface area contributed by atoms with Crippen molar-refractivity contribution in [3.8, 4) is 5.75 Å². The predicted octanol–water partition coefficient (Wildman–Crippen LogP) is 2.51. The molecule has 0 amide bonds. The molecule has 2 nitrogen and oxygen atoms in total. The fraction of sp³-hybridized carbons (Fsp3) is 0.600. The summed E-state index contributed by atoms with van der Waals surface area (Å²) in [6.07, 6.45) is 3.86. The summed E-state index contributed by atoms with van der Waals surface area (Å²) >= 11 is 0. The zero-order valence-electron chi connectivity index (χ0n) is 10.9. The highest BCUT2D eigenvalue weighted by Crippen LogP contribution is 2.51. The molecule has 1 aromatic rings. The van der Waals surface area contributed by atoms with Crippen LogP contribution >= 0.6 is 0 Å². The van der Waals surface area contributed by atoms with Gasteiger partial charge in [0.2, 0.25) is 0 Å². The molecule has 0 heterocycles. The zero-order chi connectivity index (χ0) is 12.0. The molecular weight excluding hydrogens is 210 g/mol. The maximum absolute atomic E-state index is 5.38. The van der Waals surface area contributed by atoms with Crippen LogP contribution in [0.3, 0.4) is 0 Å². The Morgan fingerprint density at radius 2 is 2.24 bits per heavy atom. The summed E-state index contributed by atoms with van der Waals surface area (Å²) in [5.41, 5.74) is 3.33. The molecule has 0 spiro atoms. The molecule has 1 aromatic carbocycles. The highest BCUT2D eigenvalue weighted by molar-refractivity contribution is 5.45. The Morgan fingerprint density at radius 1 is 1.41 bits per heavy atom. The van der Waals surface area contributed by atoms with Crippen molar-refractivity contribution < 1.29 is 4.74 Å². The minimum absolute atomic E-state index is 0.293. The van der Waals surface area contributed by atoms with Crippen LogP contribution in [-0.4, -0.2) is 20.2 Å². The van der Waals surface area contributed by atoms with E-state index in [4.69, 9.17) is 4.74 Å². The van der Waals surface area contributed by atoms with Gasteiger partial charge in [-0.15, -0.1) is 0 Å². The van der Waals surface area contributed by atoms with Gasteiger partial charge >= 0.3 is 0 Å². The van der Waals surface area contributed by atoms with Crippen LogP contribution in [0.2, 0.25) is 0 Å². The maximum atomic E-state index is 5.38. The van der Waals surface area contributed by atoms with Crippen molar-refractivity contribution in [1.82, 2.24) is 5.32 Å². The van der Waals surface area contributed by atoms with Crippen molar-refractivity contribution in [1.29, 1.82) is 0 Å². The standard InChI is InChI=1S/C15H21NO/c1-15-7-6-11(14(15)16-2)8-10-4-5-12(17-3)9-13(10)15/h4-5,9,11,14,16H,6-8H2,1-3H3/t11?,14-,15-/m1/s1. The van der Waals surface area contributed by atoms with Gasteiger partial charge in [0.15, 0.2) is 0 Å². The molecule has 1 N–H and O–H groups in total.